The van der Waals surface area contributed by atoms with Crippen LogP contribution in [0.25, 0.3) is 0 Å². The molecule has 0 amide bonds. The largest absolute Gasteiger partial charge is 0.465 e. The van der Waals surface area contributed by atoms with Crippen LogP contribution in [0.3, 0.4) is 0 Å². The molecule has 0 bridgehead atoms. The van der Waals surface area contributed by atoms with Crippen molar-refractivity contribution >= 4 is 5.97 Å². The molecule has 0 spiro atoms. The molecule has 0 fully saturated rings. The minimum absolute atomic E-state index is 0.388. The molecule has 0 unspecified atom stereocenters. The molecule has 5 heteroatoms. The number of esters is 1. The SMILES string of the molecule is COC(=O)c1cc(CNOCC(C)C)oc1C. The molecule has 1 N–H and O–H groups in total. The van der Waals surface area contributed by atoms with E-state index in [2.05, 4.69) is 24.1 Å². The van der Waals surface area contributed by atoms with Crippen LogP contribution in [0.2, 0.25) is 0 Å². The third-order valence-electron chi connectivity index (χ3n) is 2.14. The Kier molecular flexibility index (Phi) is 5.18. The first-order valence-corrected chi connectivity index (χ1v) is 5.56. The lowest BCUT2D eigenvalue weighted by Crippen LogP contribution is -2.17. The number of hydrogen-bond acceptors (Lipinski definition) is 5. The number of nitrogens with one attached hydrogen (secondary N) is 1. The number of aryl methyl sites for hydroxylation is 1. The van der Waals surface area contributed by atoms with Crippen LogP contribution < -0.4 is 5.48 Å². The molecule has 0 aromatic carbocycles. The van der Waals surface area contributed by atoms with Crippen molar-refractivity contribution in [3.8, 4) is 0 Å². The van der Waals surface area contributed by atoms with Crippen molar-refractivity contribution in [1.29, 1.82) is 0 Å². The highest BCUT2D eigenvalue weighted by Gasteiger charge is 2.14. The fourth-order valence-electron chi connectivity index (χ4n) is 1.29. The molecule has 1 aromatic rings. The summed E-state index contributed by atoms with van der Waals surface area (Å²) in [4.78, 5) is 16.5. The van der Waals surface area contributed by atoms with Gasteiger partial charge < -0.3 is 14.0 Å². The second-order valence-electron chi connectivity index (χ2n) is 4.20. The van der Waals surface area contributed by atoms with Gasteiger partial charge in [0.15, 0.2) is 0 Å². The van der Waals surface area contributed by atoms with Crippen molar-refractivity contribution in [3.05, 3.63) is 23.2 Å². The van der Waals surface area contributed by atoms with Crippen LogP contribution >= 0.6 is 0 Å². The summed E-state index contributed by atoms with van der Waals surface area (Å²) in [6.45, 7) is 6.90. The summed E-state index contributed by atoms with van der Waals surface area (Å²) in [6.07, 6.45) is 0. The Hall–Kier alpha value is -1.33. The third kappa shape index (κ3) is 4.20. The van der Waals surface area contributed by atoms with E-state index in [0.717, 1.165) is 0 Å². The lowest BCUT2D eigenvalue weighted by molar-refractivity contribution is 0.0164. The lowest BCUT2D eigenvalue weighted by atomic mass is 10.2. The van der Waals surface area contributed by atoms with Crippen LogP contribution in [-0.2, 0) is 16.1 Å². The lowest BCUT2D eigenvalue weighted by Gasteiger charge is -2.05. The summed E-state index contributed by atoms with van der Waals surface area (Å²) in [5.41, 5.74) is 3.24. The first-order chi connectivity index (χ1) is 8.04. The van der Waals surface area contributed by atoms with E-state index in [1.807, 2.05) is 0 Å². The summed E-state index contributed by atoms with van der Waals surface area (Å²) < 4.78 is 10.0. The summed E-state index contributed by atoms with van der Waals surface area (Å²) in [5, 5.41) is 0. The van der Waals surface area contributed by atoms with E-state index in [9.17, 15) is 4.79 Å². The molecule has 1 rings (SSSR count). The van der Waals surface area contributed by atoms with Crippen LogP contribution in [0, 0.1) is 12.8 Å². The minimum Gasteiger partial charge on any atom is -0.465 e. The molecular formula is C12H19NO4. The molecule has 0 saturated heterocycles. The molecular weight excluding hydrogens is 222 g/mol. The Morgan fingerprint density at radius 3 is 2.82 bits per heavy atom. The predicted octanol–water partition coefficient (Wildman–Crippen LogP) is 2.05. The highest BCUT2D eigenvalue weighted by Crippen LogP contribution is 2.15. The predicted molar refractivity (Wildman–Crippen MR) is 62.4 cm³/mol. The second kappa shape index (κ2) is 6.42. The zero-order valence-corrected chi connectivity index (χ0v) is 10.7. The number of hydrogen-bond donors (Lipinski definition) is 1. The van der Waals surface area contributed by atoms with E-state index in [-0.39, 0.29) is 5.97 Å². The van der Waals surface area contributed by atoms with Crippen molar-refractivity contribution in [2.75, 3.05) is 13.7 Å². The maximum atomic E-state index is 11.3. The second-order valence-corrected chi connectivity index (χ2v) is 4.20. The van der Waals surface area contributed by atoms with Crippen molar-refractivity contribution in [1.82, 2.24) is 5.48 Å². The monoisotopic (exact) mass is 241 g/mol. The number of furan rings is 1. The number of ether oxygens (including phenoxy) is 1. The molecule has 0 radical (unpaired) electrons. The molecule has 0 atom stereocenters. The van der Waals surface area contributed by atoms with Crippen LogP contribution in [0.4, 0.5) is 0 Å². The normalized spacial score (nSPS) is 10.9. The third-order valence-corrected chi connectivity index (χ3v) is 2.14. The van der Waals surface area contributed by atoms with Gasteiger partial charge in [-0.25, -0.2) is 4.79 Å². The van der Waals surface area contributed by atoms with E-state index in [1.54, 1.807) is 13.0 Å². The number of methoxy groups -OCH3 is 1. The molecule has 5 nitrogen and oxygen atoms in total. The Morgan fingerprint density at radius 2 is 2.24 bits per heavy atom. The van der Waals surface area contributed by atoms with Gasteiger partial charge in [0.25, 0.3) is 0 Å². The summed E-state index contributed by atoms with van der Waals surface area (Å²) >= 11 is 0. The smallest absolute Gasteiger partial charge is 0.341 e. The molecule has 1 aromatic heterocycles. The Labute approximate surface area is 101 Å². The molecule has 0 aliphatic carbocycles. The van der Waals surface area contributed by atoms with Gasteiger partial charge in [-0.1, -0.05) is 13.8 Å². The zero-order valence-electron chi connectivity index (χ0n) is 10.7. The van der Waals surface area contributed by atoms with Crippen molar-refractivity contribution in [2.45, 2.75) is 27.3 Å². The van der Waals surface area contributed by atoms with Gasteiger partial charge in [0, 0.05) is 0 Å². The van der Waals surface area contributed by atoms with Crippen LogP contribution in [0.5, 0.6) is 0 Å². The van der Waals surface area contributed by atoms with Gasteiger partial charge in [-0.05, 0) is 18.9 Å². The molecule has 96 valence electrons. The topological polar surface area (TPSA) is 60.7 Å². The Bertz CT molecular complexity index is 371. The van der Waals surface area contributed by atoms with Crippen molar-refractivity contribution in [3.63, 3.8) is 0 Å². The zero-order chi connectivity index (χ0) is 12.8. The van der Waals surface area contributed by atoms with Crippen molar-refractivity contribution in [2.24, 2.45) is 5.92 Å². The van der Waals surface area contributed by atoms with Crippen LogP contribution in [0.1, 0.15) is 35.7 Å². The maximum Gasteiger partial charge on any atom is 0.341 e. The molecule has 0 saturated carbocycles. The van der Waals surface area contributed by atoms with E-state index in [1.165, 1.54) is 7.11 Å². The van der Waals surface area contributed by atoms with Gasteiger partial charge in [-0.2, -0.15) is 5.48 Å². The number of rotatable bonds is 6. The summed E-state index contributed by atoms with van der Waals surface area (Å²) in [7, 11) is 1.35. The molecule has 0 aliphatic heterocycles. The van der Waals surface area contributed by atoms with Gasteiger partial charge in [-0.15, -0.1) is 0 Å². The van der Waals surface area contributed by atoms with Gasteiger partial charge in [0.1, 0.15) is 17.1 Å². The average Bonchev–Trinajstić information content (AvgIpc) is 2.65. The van der Waals surface area contributed by atoms with Crippen molar-refractivity contribution < 1.29 is 18.8 Å². The Morgan fingerprint density at radius 1 is 1.53 bits per heavy atom. The van der Waals surface area contributed by atoms with E-state index in [4.69, 9.17) is 9.25 Å². The van der Waals surface area contributed by atoms with Gasteiger partial charge in [0.05, 0.1) is 20.3 Å². The van der Waals surface area contributed by atoms with Crippen LogP contribution in [-0.4, -0.2) is 19.7 Å². The highest BCUT2D eigenvalue weighted by atomic mass is 16.6. The van der Waals surface area contributed by atoms with Gasteiger partial charge in [-0.3, -0.25) is 0 Å². The first-order valence-electron chi connectivity index (χ1n) is 5.56. The fourth-order valence-corrected chi connectivity index (χ4v) is 1.29. The van der Waals surface area contributed by atoms with Crippen LogP contribution in [0.15, 0.2) is 10.5 Å². The number of carbonyl (C=O) groups is 1. The van der Waals surface area contributed by atoms with Gasteiger partial charge in [0.2, 0.25) is 0 Å². The van der Waals surface area contributed by atoms with E-state index in [0.29, 0.717) is 36.2 Å². The summed E-state index contributed by atoms with van der Waals surface area (Å²) in [6, 6.07) is 1.66. The number of carbonyl (C=O) groups excluding carboxylic acids is 1. The van der Waals surface area contributed by atoms with E-state index < -0.39 is 0 Å². The first kappa shape index (κ1) is 13.7. The summed E-state index contributed by atoms with van der Waals surface area (Å²) in [5.74, 6) is 1.27. The molecule has 1 heterocycles. The van der Waals surface area contributed by atoms with Gasteiger partial charge >= 0.3 is 5.97 Å². The Balaban J connectivity index is 2.47. The quantitative estimate of drug-likeness (QED) is 0.469. The number of hydroxylamine groups is 1. The average molecular weight is 241 g/mol. The maximum absolute atomic E-state index is 11.3. The van der Waals surface area contributed by atoms with E-state index >= 15 is 0 Å². The molecule has 17 heavy (non-hydrogen) atoms. The molecule has 0 aliphatic rings. The minimum atomic E-state index is -0.388. The fraction of sp³-hybridized carbons (Fsp3) is 0.583. The standard InChI is InChI=1S/C12H19NO4/c1-8(2)7-16-13-6-10-5-11(9(3)17-10)12(14)15-4/h5,8,13H,6-7H2,1-4H3. The highest BCUT2D eigenvalue weighted by molar-refractivity contribution is 5.90.